The van der Waals surface area contributed by atoms with E-state index < -0.39 is 10.0 Å². The molecule has 1 rings (SSSR count). The first-order chi connectivity index (χ1) is 6.01. The molecule has 78 valence electrons. The minimum atomic E-state index is -3.00. The summed E-state index contributed by atoms with van der Waals surface area (Å²) in [5.74, 6) is 0.527. The Morgan fingerprint density at radius 1 is 1.38 bits per heavy atom. The van der Waals surface area contributed by atoms with Crippen molar-refractivity contribution in [3.8, 4) is 0 Å². The van der Waals surface area contributed by atoms with Crippen molar-refractivity contribution in [3.63, 3.8) is 0 Å². The van der Waals surface area contributed by atoms with Gasteiger partial charge in [-0.05, 0) is 25.3 Å². The average Bonchev–Trinajstić information content (AvgIpc) is 1.91. The average molecular weight is 206 g/mol. The predicted octanol–water partition coefficient (Wildman–Crippen LogP) is -0.0763. The number of hydrogen-bond donors (Lipinski definition) is 2. The van der Waals surface area contributed by atoms with E-state index in [9.17, 15) is 8.42 Å². The van der Waals surface area contributed by atoms with E-state index in [1.807, 2.05) is 0 Å². The van der Waals surface area contributed by atoms with E-state index in [2.05, 4.69) is 17.0 Å². The highest BCUT2D eigenvalue weighted by molar-refractivity contribution is 7.88. The van der Waals surface area contributed by atoms with Crippen LogP contribution in [0.2, 0.25) is 0 Å². The molecule has 0 aliphatic heterocycles. The molecule has 0 aromatic rings. The van der Waals surface area contributed by atoms with E-state index in [0.29, 0.717) is 18.5 Å². The summed E-state index contributed by atoms with van der Waals surface area (Å²) < 4.78 is 24.0. The van der Waals surface area contributed by atoms with Gasteiger partial charge in [0.15, 0.2) is 0 Å². The predicted molar refractivity (Wildman–Crippen MR) is 53.0 cm³/mol. The van der Waals surface area contributed by atoms with Crippen molar-refractivity contribution in [2.75, 3.05) is 19.3 Å². The maximum atomic E-state index is 10.8. The zero-order valence-electron chi connectivity index (χ0n) is 8.21. The summed E-state index contributed by atoms with van der Waals surface area (Å²) in [7, 11) is -3.00. The summed E-state index contributed by atoms with van der Waals surface area (Å²) in [6, 6.07) is 0.608. The molecule has 1 fully saturated rings. The molecule has 0 bridgehead atoms. The number of rotatable bonds is 5. The van der Waals surface area contributed by atoms with Crippen molar-refractivity contribution >= 4 is 10.0 Å². The molecule has 1 aliphatic rings. The second-order valence-electron chi connectivity index (χ2n) is 3.71. The van der Waals surface area contributed by atoms with Crippen molar-refractivity contribution < 1.29 is 8.42 Å². The van der Waals surface area contributed by atoms with Crippen LogP contribution in [0, 0.1) is 5.92 Å². The van der Waals surface area contributed by atoms with Gasteiger partial charge >= 0.3 is 0 Å². The van der Waals surface area contributed by atoms with Crippen LogP contribution in [0.25, 0.3) is 0 Å². The van der Waals surface area contributed by atoms with Gasteiger partial charge in [-0.1, -0.05) is 6.92 Å². The van der Waals surface area contributed by atoms with Crippen LogP contribution in [0.1, 0.15) is 19.8 Å². The summed E-state index contributed by atoms with van der Waals surface area (Å²) in [6.07, 6.45) is 3.39. The Hall–Kier alpha value is -0.130. The maximum absolute atomic E-state index is 10.8. The summed E-state index contributed by atoms with van der Waals surface area (Å²) >= 11 is 0. The Kier molecular flexibility index (Phi) is 3.70. The van der Waals surface area contributed by atoms with E-state index in [4.69, 9.17) is 0 Å². The largest absolute Gasteiger partial charge is 0.314 e. The van der Waals surface area contributed by atoms with E-state index >= 15 is 0 Å². The van der Waals surface area contributed by atoms with Crippen LogP contribution in [-0.2, 0) is 10.0 Å². The Labute approximate surface area is 80.1 Å². The van der Waals surface area contributed by atoms with Gasteiger partial charge in [-0.3, -0.25) is 0 Å². The standard InChI is InChI=1S/C8H18N2O2S/c1-3-9-8-4-7(5-8)6-10-13(2,11)12/h7-10H,3-6H2,1-2H3. The molecule has 4 nitrogen and oxygen atoms in total. The van der Waals surface area contributed by atoms with Crippen LogP contribution in [0.3, 0.4) is 0 Å². The first-order valence-electron chi connectivity index (χ1n) is 4.69. The van der Waals surface area contributed by atoms with Gasteiger partial charge in [-0.25, -0.2) is 13.1 Å². The molecule has 13 heavy (non-hydrogen) atoms. The molecular formula is C8H18N2O2S. The summed E-state index contributed by atoms with van der Waals surface area (Å²) in [6.45, 7) is 3.68. The molecular weight excluding hydrogens is 188 g/mol. The van der Waals surface area contributed by atoms with Crippen LogP contribution in [0.15, 0.2) is 0 Å². The lowest BCUT2D eigenvalue weighted by atomic mass is 9.80. The summed E-state index contributed by atoms with van der Waals surface area (Å²) in [5.41, 5.74) is 0. The third-order valence-electron chi connectivity index (χ3n) is 2.36. The van der Waals surface area contributed by atoms with E-state index in [-0.39, 0.29) is 0 Å². The molecule has 1 saturated carbocycles. The normalized spacial score (nSPS) is 28.5. The van der Waals surface area contributed by atoms with E-state index in [1.54, 1.807) is 0 Å². The van der Waals surface area contributed by atoms with Crippen LogP contribution >= 0.6 is 0 Å². The van der Waals surface area contributed by atoms with Crippen LogP contribution in [0.5, 0.6) is 0 Å². The van der Waals surface area contributed by atoms with Crippen LogP contribution in [-0.4, -0.2) is 33.8 Å². The van der Waals surface area contributed by atoms with Gasteiger partial charge < -0.3 is 5.32 Å². The molecule has 0 saturated heterocycles. The van der Waals surface area contributed by atoms with Gasteiger partial charge in [0.1, 0.15) is 0 Å². The molecule has 1 aliphatic carbocycles. The molecule has 5 heteroatoms. The lowest BCUT2D eigenvalue weighted by Crippen LogP contribution is -2.45. The second kappa shape index (κ2) is 4.39. The highest BCUT2D eigenvalue weighted by Crippen LogP contribution is 2.26. The molecule has 0 radical (unpaired) electrons. The Morgan fingerprint density at radius 2 is 2.00 bits per heavy atom. The van der Waals surface area contributed by atoms with Gasteiger partial charge in [0, 0.05) is 12.6 Å². The molecule has 0 aromatic heterocycles. The quantitative estimate of drug-likeness (QED) is 0.661. The third kappa shape index (κ3) is 4.06. The Balaban J connectivity index is 2.09. The highest BCUT2D eigenvalue weighted by atomic mass is 32.2. The Morgan fingerprint density at radius 3 is 2.46 bits per heavy atom. The molecule has 0 amide bonds. The van der Waals surface area contributed by atoms with Crippen molar-refractivity contribution in [3.05, 3.63) is 0 Å². The fourth-order valence-electron chi connectivity index (χ4n) is 1.63. The molecule has 0 spiro atoms. The van der Waals surface area contributed by atoms with E-state index in [0.717, 1.165) is 19.4 Å². The third-order valence-corrected chi connectivity index (χ3v) is 3.05. The molecule has 2 N–H and O–H groups in total. The summed E-state index contributed by atoms with van der Waals surface area (Å²) in [4.78, 5) is 0. The second-order valence-corrected chi connectivity index (χ2v) is 5.55. The molecule has 0 heterocycles. The zero-order valence-corrected chi connectivity index (χ0v) is 9.02. The summed E-state index contributed by atoms with van der Waals surface area (Å²) in [5, 5.41) is 3.33. The van der Waals surface area contributed by atoms with Crippen molar-refractivity contribution in [2.45, 2.75) is 25.8 Å². The molecule has 0 aromatic carbocycles. The minimum Gasteiger partial charge on any atom is -0.314 e. The van der Waals surface area contributed by atoms with Crippen LogP contribution in [0.4, 0.5) is 0 Å². The minimum absolute atomic E-state index is 0.527. The fraction of sp³-hybridized carbons (Fsp3) is 1.00. The number of sulfonamides is 1. The van der Waals surface area contributed by atoms with Gasteiger partial charge in [-0.15, -0.1) is 0 Å². The number of hydrogen-bond acceptors (Lipinski definition) is 3. The van der Waals surface area contributed by atoms with Crippen molar-refractivity contribution in [1.82, 2.24) is 10.0 Å². The monoisotopic (exact) mass is 206 g/mol. The van der Waals surface area contributed by atoms with E-state index in [1.165, 1.54) is 6.26 Å². The first kappa shape index (κ1) is 10.9. The zero-order chi connectivity index (χ0) is 9.90. The molecule has 0 unspecified atom stereocenters. The smallest absolute Gasteiger partial charge is 0.208 e. The lowest BCUT2D eigenvalue weighted by Gasteiger charge is -2.35. The maximum Gasteiger partial charge on any atom is 0.208 e. The SMILES string of the molecule is CCNC1CC(CNS(C)(=O)=O)C1. The van der Waals surface area contributed by atoms with Gasteiger partial charge in [-0.2, -0.15) is 0 Å². The first-order valence-corrected chi connectivity index (χ1v) is 6.58. The molecule has 0 atom stereocenters. The van der Waals surface area contributed by atoms with Crippen molar-refractivity contribution in [1.29, 1.82) is 0 Å². The van der Waals surface area contributed by atoms with Gasteiger partial charge in [0.2, 0.25) is 10.0 Å². The van der Waals surface area contributed by atoms with Crippen molar-refractivity contribution in [2.24, 2.45) is 5.92 Å². The Bertz CT molecular complexity index is 245. The van der Waals surface area contributed by atoms with Gasteiger partial charge in [0.05, 0.1) is 6.26 Å². The number of nitrogens with one attached hydrogen (secondary N) is 2. The fourth-order valence-corrected chi connectivity index (χ4v) is 2.17. The van der Waals surface area contributed by atoms with Crippen LogP contribution < -0.4 is 10.0 Å². The highest BCUT2D eigenvalue weighted by Gasteiger charge is 2.28. The topological polar surface area (TPSA) is 58.2 Å². The van der Waals surface area contributed by atoms with Gasteiger partial charge in [0.25, 0.3) is 0 Å². The lowest BCUT2D eigenvalue weighted by molar-refractivity contribution is 0.228.